The van der Waals surface area contributed by atoms with Gasteiger partial charge < -0.3 is 18.9 Å². The maximum atomic E-state index is 16.0. The predicted molar refractivity (Wildman–Crippen MR) is 291 cm³/mol. The molecule has 4 aromatic carbocycles. The van der Waals surface area contributed by atoms with Crippen LogP contribution >= 0.6 is 22.7 Å². The minimum absolute atomic E-state index is 0.0478. The Morgan fingerprint density at radius 1 is 0.397 bits per heavy atom. The average Bonchev–Trinajstić information content (AvgIpc) is 3.88. The van der Waals surface area contributed by atoms with Crippen molar-refractivity contribution in [2.24, 2.45) is 0 Å². The van der Waals surface area contributed by atoms with E-state index in [1.807, 2.05) is 0 Å². The maximum Gasteiger partial charge on any atom is 0.333 e. The minimum Gasteiger partial charge on any atom is -0.459 e. The lowest BCUT2D eigenvalue weighted by Crippen LogP contribution is -2.45. The van der Waals surface area contributed by atoms with Crippen LogP contribution in [0.4, 0.5) is 0 Å². The van der Waals surface area contributed by atoms with Gasteiger partial charge in [0.25, 0.3) is 0 Å². The van der Waals surface area contributed by atoms with E-state index in [0.717, 1.165) is 22.7 Å². The Labute approximate surface area is 455 Å². The largest absolute Gasteiger partial charge is 0.459 e. The first-order valence-corrected chi connectivity index (χ1v) is 27.0. The smallest absolute Gasteiger partial charge is 0.333 e. The Hall–Kier alpha value is -8.98. The molecule has 0 atom stereocenters. The number of Topliss-reactive ketones (excluding diaryl/α,β-unsaturated/α-hetero) is 4. The first kappa shape index (κ1) is 49.9. The van der Waals surface area contributed by atoms with Gasteiger partial charge in [0.15, 0.2) is 23.1 Å². The lowest BCUT2D eigenvalue weighted by molar-refractivity contribution is -0.165. The van der Waals surface area contributed by atoms with Crippen LogP contribution < -0.4 is 0 Å². The molecule has 2 heterocycles. The second kappa shape index (κ2) is 20.2. The number of ether oxygens (including phenoxy) is 4. The van der Waals surface area contributed by atoms with Gasteiger partial charge in [-0.3, -0.25) is 38.4 Å². The third-order valence-corrected chi connectivity index (χ3v) is 16.9. The molecule has 6 aliphatic rings. The zero-order valence-corrected chi connectivity index (χ0v) is 43.2. The molecule has 0 aliphatic heterocycles. The van der Waals surface area contributed by atoms with E-state index < -0.39 is 57.8 Å². The molecule has 2 aromatic heterocycles. The number of rotatable bonds is 14. The molecular weight excluding hydrogens is 1020 g/mol. The van der Waals surface area contributed by atoms with Crippen molar-refractivity contribution in [2.75, 3.05) is 0 Å². The number of allylic oxidation sites excluding steroid dienone is 10. The normalized spacial score (nSPS) is 17.2. The summed E-state index contributed by atoms with van der Waals surface area (Å²) in [6.45, 7) is -1.30. The number of carbonyl (C=O) groups is 8. The summed E-state index contributed by atoms with van der Waals surface area (Å²) >= 11 is 1.91. The molecule has 2 fully saturated rings. The molecular formula is C64H44O12S2. The fraction of sp³-hybridized carbons (Fsp3) is 0.156. The molecule has 6 aliphatic carbocycles. The lowest BCUT2D eigenvalue weighted by Gasteiger charge is -2.29. The zero-order chi connectivity index (χ0) is 53.7. The van der Waals surface area contributed by atoms with Crippen molar-refractivity contribution in [2.45, 2.75) is 62.9 Å². The highest BCUT2D eigenvalue weighted by atomic mass is 32.1. The quantitative estimate of drug-likeness (QED) is 0.0333. The fourth-order valence-electron chi connectivity index (χ4n) is 11.0. The van der Waals surface area contributed by atoms with E-state index in [1.165, 1.54) is 24.3 Å². The molecule has 0 N–H and O–H groups in total. The molecule has 6 aromatic rings. The minimum atomic E-state index is -2.64. The third kappa shape index (κ3) is 8.18. The summed E-state index contributed by atoms with van der Waals surface area (Å²) in [5.41, 5.74) is -2.49. The number of hydrogen-bond donors (Lipinski definition) is 0. The van der Waals surface area contributed by atoms with Gasteiger partial charge in [-0.15, -0.1) is 22.7 Å². The summed E-state index contributed by atoms with van der Waals surface area (Å²) in [4.78, 5) is 121. The molecule has 0 bridgehead atoms. The van der Waals surface area contributed by atoms with Crippen molar-refractivity contribution in [3.63, 3.8) is 0 Å². The molecule has 78 heavy (non-hydrogen) atoms. The lowest BCUT2D eigenvalue weighted by atomic mass is 9.76. The zero-order valence-electron chi connectivity index (χ0n) is 41.5. The first-order valence-electron chi connectivity index (χ1n) is 25.3. The van der Waals surface area contributed by atoms with Gasteiger partial charge in [0, 0.05) is 64.1 Å². The van der Waals surface area contributed by atoms with Crippen molar-refractivity contribution in [3.05, 3.63) is 244 Å². The SMILES string of the molecule is O=C1C(=Cc2cc3c(s2)C2=C(c4sc(C=C5C(=O)C6=CCCC=C6C5=O)cc4C2(C(=O)OCc2ccccc2)C(=O)OCc2ccccc2)C3(C(=O)OCc2ccccc2)C(=O)OCc2ccccc2)C(=O)C2=CCCC=C12. The molecule has 12 nitrogen and oxygen atoms in total. The number of thiophene rings is 2. The van der Waals surface area contributed by atoms with Crippen LogP contribution in [0.15, 0.2) is 191 Å². The molecule has 2 saturated carbocycles. The van der Waals surface area contributed by atoms with E-state index in [-0.39, 0.29) is 102 Å². The molecule has 14 heteroatoms. The van der Waals surface area contributed by atoms with Gasteiger partial charge in [0.2, 0.25) is 10.8 Å². The Morgan fingerprint density at radius 2 is 0.654 bits per heavy atom. The molecule has 0 spiro atoms. The molecule has 0 unspecified atom stereocenters. The van der Waals surface area contributed by atoms with E-state index >= 15 is 19.2 Å². The van der Waals surface area contributed by atoms with Gasteiger partial charge in [0.05, 0.1) is 11.1 Å². The van der Waals surface area contributed by atoms with Crippen molar-refractivity contribution >= 4 is 93.0 Å². The van der Waals surface area contributed by atoms with Gasteiger partial charge in [-0.05, 0) is 72.2 Å². The molecule has 0 amide bonds. The van der Waals surface area contributed by atoms with Crippen LogP contribution in [-0.2, 0) is 94.6 Å². The highest BCUT2D eigenvalue weighted by Gasteiger charge is 2.72. The summed E-state index contributed by atoms with van der Waals surface area (Å²) < 4.78 is 25.0. The van der Waals surface area contributed by atoms with E-state index in [0.29, 0.717) is 47.9 Å². The third-order valence-electron chi connectivity index (χ3n) is 14.7. The van der Waals surface area contributed by atoms with E-state index in [9.17, 15) is 19.2 Å². The van der Waals surface area contributed by atoms with Crippen LogP contribution in [-0.4, -0.2) is 47.0 Å². The van der Waals surface area contributed by atoms with Crippen LogP contribution in [0.25, 0.3) is 23.3 Å². The van der Waals surface area contributed by atoms with Crippen LogP contribution in [0.1, 0.15) is 78.6 Å². The van der Waals surface area contributed by atoms with Crippen molar-refractivity contribution < 1.29 is 57.3 Å². The number of hydrogen-bond acceptors (Lipinski definition) is 14. The molecule has 0 radical (unpaired) electrons. The standard InChI is InChI=1S/C64H44O12S2/c65-53-43-25-13-14-26-44(43)54(66)47(53)29-41-31-49-57(77-41)52-51(63(49,59(69)73-33-37-17-5-1-6-18-37)60(70)74-34-38-19-7-2-8-20-38)58-50(32-42(78-58)30-48-55(67)45-27-15-16-28-46(45)56(48)68)64(52,61(71)75-35-39-21-9-3-10-22-39)62(72)76-36-40-23-11-4-12-24-40/h1-12,17-32H,13-16,33-36H2. The summed E-state index contributed by atoms with van der Waals surface area (Å²) in [6, 6.07) is 38.2. The summed E-state index contributed by atoms with van der Waals surface area (Å²) in [6.07, 6.45) is 12.0. The first-order chi connectivity index (χ1) is 38.0. The van der Waals surface area contributed by atoms with Gasteiger partial charge in [-0.25, -0.2) is 0 Å². The Bertz CT molecular complexity index is 3390. The van der Waals surface area contributed by atoms with E-state index in [1.54, 1.807) is 146 Å². The maximum absolute atomic E-state index is 16.0. The highest BCUT2D eigenvalue weighted by molar-refractivity contribution is 7.16. The Morgan fingerprint density at radius 3 is 0.910 bits per heavy atom. The second-order valence-corrected chi connectivity index (χ2v) is 21.5. The van der Waals surface area contributed by atoms with Crippen LogP contribution in [0.5, 0.6) is 0 Å². The molecule has 384 valence electrons. The van der Waals surface area contributed by atoms with Crippen LogP contribution in [0.3, 0.4) is 0 Å². The van der Waals surface area contributed by atoms with E-state index in [2.05, 4.69) is 0 Å². The number of esters is 4. The number of benzene rings is 4. The van der Waals surface area contributed by atoms with Gasteiger partial charge >= 0.3 is 23.9 Å². The molecule has 12 rings (SSSR count). The van der Waals surface area contributed by atoms with E-state index in [4.69, 9.17) is 18.9 Å². The predicted octanol–water partition coefficient (Wildman–Crippen LogP) is 10.6. The van der Waals surface area contributed by atoms with Gasteiger partial charge in [-0.2, -0.15) is 0 Å². The fourth-order valence-corrected chi connectivity index (χ4v) is 13.5. The number of ketones is 4. The number of carbonyl (C=O) groups excluding carboxylic acids is 8. The topological polar surface area (TPSA) is 173 Å². The second-order valence-electron chi connectivity index (χ2n) is 19.3. The Kier molecular flexibility index (Phi) is 12.9. The van der Waals surface area contributed by atoms with Crippen molar-refractivity contribution in [1.82, 2.24) is 0 Å². The van der Waals surface area contributed by atoms with Crippen LogP contribution in [0, 0.1) is 0 Å². The van der Waals surface area contributed by atoms with Crippen molar-refractivity contribution in [1.29, 1.82) is 0 Å². The van der Waals surface area contributed by atoms with Gasteiger partial charge in [-0.1, -0.05) is 146 Å². The Balaban J connectivity index is 1.13. The highest BCUT2D eigenvalue weighted by Crippen LogP contribution is 2.68. The van der Waals surface area contributed by atoms with Crippen LogP contribution in [0.2, 0.25) is 0 Å². The average molecular weight is 1070 g/mol. The summed E-state index contributed by atoms with van der Waals surface area (Å²) in [5.74, 6) is -6.48. The van der Waals surface area contributed by atoms with Gasteiger partial charge in [0.1, 0.15) is 26.4 Å². The monoisotopic (exact) mass is 1070 g/mol. The summed E-state index contributed by atoms with van der Waals surface area (Å²) in [7, 11) is 0. The molecule has 0 saturated heterocycles. The number of fused-ring (bicyclic) bond motifs is 6. The summed E-state index contributed by atoms with van der Waals surface area (Å²) in [5, 5.41) is 0. The van der Waals surface area contributed by atoms with Crippen molar-refractivity contribution in [3.8, 4) is 0 Å².